The fourth-order valence-electron chi connectivity index (χ4n) is 2.25. The predicted molar refractivity (Wildman–Crippen MR) is 84.1 cm³/mol. The molecule has 20 heavy (non-hydrogen) atoms. The van der Waals surface area contributed by atoms with Gasteiger partial charge in [-0.3, -0.25) is 0 Å². The van der Waals surface area contributed by atoms with Crippen molar-refractivity contribution in [1.82, 2.24) is 9.97 Å². The van der Waals surface area contributed by atoms with Crippen LogP contribution in [0.3, 0.4) is 0 Å². The minimum atomic E-state index is 0.781. The Morgan fingerprint density at radius 1 is 1.10 bits per heavy atom. The highest BCUT2D eigenvalue weighted by Crippen LogP contribution is 2.22. The van der Waals surface area contributed by atoms with Gasteiger partial charge in [-0.2, -0.15) is 0 Å². The van der Waals surface area contributed by atoms with Gasteiger partial charge in [0, 0.05) is 19.2 Å². The number of hydrogen-bond acceptors (Lipinski definition) is 4. The molecule has 0 fully saturated rings. The van der Waals surface area contributed by atoms with Crippen LogP contribution < -0.4 is 10.6 Å². The molecule has 2 rings (SSSR count). The lowest BCUT2D eigenvalue weighted by Crippen LogP contribution is -2.09. The molecular weight excluding hydrogens is 248 g/mol. The first-order valence-electron chi connectivity index (χ1n) is 7.06. The molecule has 106 valence electrons. The van der Waals surface area contributed by atoms with Gasteiger partial charge in [-0.25, -0.2) is 9.97 Å². The first-order chi connectivity index (χ1) is 9.76. The predicted octanol–water partition coefficient (Wildman–Crippen LogP) is 3.39. The van der Waals surface area contributed by atoms with Gasteiger partial charge >= 0.3 is 0 Å². The SMILES string of the molecule is CCCc1c(NC)ncnc1NCc1ccccc1C. The van der Waals surface area contributed by atoms with Crippen LogP contribution in [0.1, 0.15) is 30.0 Å². The van der Waals surface area contributed by atoms with Crippen molar-refractivity contribution in [2.75, 3.05) is 17.7 Å². The van der Waals surface area contributed by atoms with Crippen LogP contribution in [0.15, 0.2) is 30.6 Å². The van der Waals surface area contributed by atoms with Crippen LogP contribution in [0.5, 0.6) is 0 Å². The Morgan fingerprint density at radius 3 is 2.55 bits per heavy atom. The first kappa shape index (κ1) is 14.3. The standard InChI is InChI=1S/C16H22N4/c1-4-7-14-15(17-3)19-11-20-16(14)18-10-13-9-6-5-8-12(13)2/h5-6,8-9,11H,4,7,10H2,1-3H3,(H2,17,18,19,20). The van der Waals surface area contributed by atoms with Gasteiger partial charge in [-0.15, -0.1) is 0 Å². The summed E-state index contributed by atoms with van der Waals surface area (Å²) in [5.74, 6) is 1.84. The lowest BCUT2D eigenvalue weighted by Gasteiger charge is -2.14. The maximum Gasteiger partial charge on any atom is 0.134 e. The van der Waals surface area contributed by atoms with Gasteiger partial charge in [-0.05, 0) is 24.5 Å². The summed E-state index contributed by atoms with van der Waals surface area (Å²) >= 11 is 0. The molecule has 0 unspecified atom stereocenters. The molecule has 0 saturated carbocycles. The summed E-state index contributed by atoms with van der Waals surface area (Å²) in [4.78, 5) is 8.68. The van der Waals surface area contributed by atoms with Crippen LogP contribution in [0, 0.1) is 6.92 Å². The second-order valence-electron chi connectivity index (χ2n) is 4.83. The minimum absolute atomic E-state index is 0.781. The number of anilines is 2. The van der Waals surface area contributed by atoms with Crippen molar-refractivity contribution in [1.29, 1.82) is 0 Å². The third-order valence-corrected chi connectivity index (χ3v) is 3.39. The third-order valence-electron chi connectivity index (χ3n) is 3.39. The summed E-state index contributed by atoms with van der Waals surface area (Å²) in [7, 11) is 1.90. The molecule has 1 heterocycles. The average Bonchev–Trinajstić information content (AvgIpc) is 2.47. The van der Waals surface area contributed by atoms with Crippen LogP contribution in [0.4, 0.5) is 11.6 Å². The lowest BCUT2D eigenvalue weighted by atomic mass is 10.1. The fourth-order valence-corrected chi connectivity index (χ4v) is 2.25. The average molecular weight is 270 g/mol. The molecule has 2 aromatic rings. The number of hydrogen-bond donors (Lipinski definition) is 2. The summed E-state index contributed by atoms with van der Waals surface area (Å²) in [5, 5.41) is 6.58. The number of nitrogens with one attached hydrogen (secondary N) is 2. The molecule has 1 aromatic heterocycles. The lowest BCUT2D eigenvalue weighted by molar-refractivity contribution is 0.898. The van der Waals surface area contributed by atoms with Gasteiger partial charge in [-0.1, -0.05) is 37.6 Å². The molecule has 0 aliphatic carbocycles. The van der Waals surface area contributed by atoms with Crippen LogP contribution in [-0.2, 0) is 13.0 Å². The van der Waals surface area contributed by atoms with Gasteiger partial charge < -0.3 is 10.6 Å². The Hall–Kier alpha value is -2.10. The molecule has 4 heteroatoms. The Morgan fingerprint density at radius 2 is 1.85 bits per heavy atom. The molecule has 0 amide bonds. The van der Waals surface area contributed by atoms with Gasteiger partial charge in [0.25, 0.3) is 0 Å². The van der Waals surface area contributed by atoms with Crippen molar-refractivity contribution in [2.45, 2.75) is 33.2 Å². The van der Waals surface area contributed by atoms with E-state index in [1.54, 1.807) is 6.33 Å². The van der Waals surface area contributed by atoms with E-state index in [0.29, 0.717) is 0 Å². The van der Waals surface area contributed by atoms with Crippen molar-refractivity contribution in [3.8, 4) is 0 Å². The Bertz CT molecular complexity index is 566. The highest BCUT2D eigenvalue weighted by molar-refractivity contribution is 5.57. The summed E-state index contributed by atoms with van der Waals surface area (Å²) < 4.78 is 0. The minimum Gasteiger partial charge on any atom is -0.373 e. The molecule has 0 aliphatic rings. The summed E-state index contributed by atoms with van der Waals surface area (Å²) in [6.07, 6.45) is 3.64. The Labute approximate surface area is 120 Å². The highest BCUT2D eigenvalue weighted by Gasteiger charge is 2.09. The van der Waals surface area contributed by atoms with Crippen molar-refractivity contribution in [3.63, 3.8) is 0 Å². The summed E-state index contributed by atoms with van der Waals surface area (Å²) in [6.45, 7) is 5.07. The number of nitrogens with zero attached hydrogens (tertiary/aromatic N) is 2. The van der Waals surface area contributed by atoms with Gasteiger partial charge in [0.05, 0.1) is 0 Å². The normalized spacial score (nSPS) is 10.3. The largest absolute Gasteiger partial charge is 0.373 e. The van der Waals surface area contributed by atoms with Crippen molar-refractivity contribution >= 4 is 11.6 Å². The second-order valence-corrected chi connectivity index (χ2v) is 4.83. The van der Waals surface area contributed by atoms with E-state index in [4.69, 9.17) is 0 Å². The number of aromatic nitrogens is 2. The van der Waals surface area contributed by atoms with Crippen LogP contribution in [-0.4, -0.2) is 17.0 Å². The van der Waals surface area contributed by atoms with Crippen molar-refractivity contribution < 1.29 is 0 Å². The van der Waals surface area contributed by atoms with E-state index in [2.05, 4.69) is 58.7 Å². The van der Waals surface area contributed by atoms with Gasteiger partial charge in [0.15, 0.2) is 0 Å². The fraction of sp³-hybridized carbons (Fsp3) is 0.375. The van der Waals surface area contributed by atoms with Crippen LogP contribution in [0.25, 0.3) is 0 Å². The zero-order valence-electron chi connectivity index (χ0n) is 12.4. The summed E-state index contributed by atoms with van der Waals surface area (Å²) in [6, 6.07) is 8.39. The Kier molecular flexibility index (Phi) is 4.93. The monoisotopic (exact) mass is 270 g/mol. The molecule has 1 aromatic carbocycles. The zero-order valence-corrected chi connectivity index (χ0v) is 12.4. The molecular formula is C16H22N4. The van der Waals surface area contributed by atoms with E-state index in [0.717, 1.165) is 36.6 Å². The second kappa shape index (κ2) is 6.89. The van der Waals surface area contributed by atoms with Crippen molar-refractivity contribution in [2.24, 2.45) is 0 Å². The smallest absolute Gasteiger partial charge is 0.134 e. The molecule has 0 radical (unpaired) electrons. The van der Waals surface area contributed by atoms with E-state index in [9.17, 15) is 0 Å². The zero-order chi connectivity index (χ0) is 14.4. The maximum absolute atomic E-state index is 4.39. The van der Waals surface area contributed by atoms with E-state index in [1.165, 1.54) is 11.1 Å². The maximum atomic E-state index is 4.39. The number of rotatable bonds is 6. The quantitative estimate of drug-likeness (QED) is 0.844. The molecule has 0 spiro atoms. The van der Waals surface area contributed by atoms with E-state index >= 15 is 0 Å². The third kappa shape index (κ3) is 3.26. The molecule has 2 N–H and O–H groups in total. The number of benzene rings is 1. The van der Waals surface area contributed by atoms with Crippen LogP contribution in [0.2, 0.25) is 0 Å². The molecule has 0 atom stereocenters. The summed E-state index contributed by atoms with van der Waals surface area (Å²) in [5.41, 5.74) is 3.74. The van der Waals surface area contributed by atoms with E-state index < -0.39 is 0 Å². The first-order valence-corrected chi connectivity index (χ1v) is 7.06. The Balaban J connectivity index is 2.19. The number of aryl methyl sites for hydroxylation is 1. The topological polar surface area (TPSA) is 49.8 Å². The molecule has 0 bridgehead atoms. The molecule has 4 nitrogen and oxygen atoms in total. The molecule has 0 saturated heterocycles. The van der Waals surface area contributed by atoms with Crippen molar-refractivity contribution in [3.05, 3.63) is 47.3 Å². The molecule has 0 aliphatic heterocycles. The van der Waals surface area contributed by atoms with E-state index in [1.807, 2.05) is 7.05 Å². The van der Waals surface area contributed by atoms with Gasteiger partial charge in [0.1, 0.15) is 18.0 Å². The highest BCUT2D eigenvalue weighted by atomic mass is 15.1. The van der Waals surface area contributed by atoms with Crippen LogP contribution >= 0.6 is 0 Å². The van der Waals surface area contributed by atoms with E-state index in [-0.39, 0.29) is 0 Å². The van der Waals surface area contributed by atoms with Gasteiger partial charge in [0.2, 0.25) is 0 Å².